The third-order valence-corrected chi connectivity index (χ3v) is 3.42. The first kappa shape index (κ1) is 17.3. The highest BCUT2D eigenvalue weighted by Crippen LogP contribution is 2.19. The van der Waals surface area contributed by atoms with Gasteiger partial charge in [-0.05, 0) is 42.5 Å². The molecule has 0 heterocycles. The van der Waals surface area contributed by atoms with E-state index in [0.29, 0.717) is 17.7 Å². The summed E-state index contributed by atoms with van der Waals surface area (Å²) in [7, 11) is 0. The molecule has 0 aliphatic rings. The van der Waals surface area contributed by atoms with E-state index in [-0.39, 0.29) is 19.1 Å². The molecule has 0 spiro atoms. The smallest absolute Gasteiger partial charge is 0.254 e. The van der Waals surface area contributed by atoms with E-state index >= 15 is 0 Å². The van der Waals surface area contributed by atoms with Gasteiger partial charge in [0, 0.05) is 30.0 Å². The molecule has 0 saturated heterocycles. The molecule has 2 aromatic rings. The molecule has 0 aromatic heterocycles. The van der Waals surface area contributed by atoms with Crippen molar-refractivity contribution in [2.45, 2.75) is 0 Å². The molecule has 2 rings (SSSR count). The number of aliphatic hydroxyl groups is 1. The summed E-state index contributed by atoms with van der Waals surface area (Å²) in [4.78, 5) is 14.1. The van der Waals surface area contributed by atoms with Crippen LogP contribution in [0.2, 0.25) is 0 Å². The van der Waals surface area contributed by atoms with E-state index in [9.17, 15) is 4.79 Å². The van der Waals surface area contributed by atoms with E-state index in [1.54, 1.807) is 36.4 Å². The van der Waals surface area contributed by atoms with Crippen LogP contribution in [0.25, 0.3) is 0 Å². The Kier molecular flexibility index (Phi) is 6.12. The van der Waals surface area contributed by atoms with Gasteiger partial charge in [-0.15, -0.1) is 6.58 Å². The first-order chi connectivity index (χ1) is 11.7. The number of carbonyl (C=O) groups is 1. The van der Waals surface area contributed by atoms with Crippen LogP contribution < -0.4 is 5.32 Å². The Morgan fingerprint density at radius 1 is 1.25 bits per heavy atom. The van der Waals surface area contributed by atoms with Crippen molar-refractivity contribution < 1.29 is 9.90 Å². The molecule has 2 N–H and O–H groups in total. The summed E-state index contributed by atoms with van der Waals surface area (Å²) in [6.07, 6.45) is 1.63. The van der Waals surface area contributed by atoms with Gasteiger partial charge in [0.2, 0.25) is 0 Å². The fraction of sp³-hybridized carbons (Fsp3) is 0.158. The zero-order chi connectivity index (χ0) is 17.4. The van der Waals surface area contributed by atoms with Crippen molar-refractivity contribution in [2.75, 3.05) is 25.0 Å². The molecule has 0 radical (unpaired) electrons. The number of rotatable bonds is 7. The van der Waals surface area contributed by atoms with E-state index in [2.05, 4.69) is 18.0 Å². The maximum absolute atomic E-state index is 12.5. The fourth-order valence-corrected chi connectivity index (χ4v) is 2.26. The van der Waals surface area contributed by atoms with Crippen LogP contribution in [0.15, 0.2) is 61.2 Å². The highest BCUT2D eigenvalue weighted by Gasteiger charge is 2.14. The van der Waals surface area contributed by atoms with Gasteiger partial charge in [-0.1, -0.05) is 12.1 Å². The van der Waals surface area contributed by atoms with Gasteiger partial charge in [-0.2, -0.15) is 5.26 Å². The second-order valence-electron chi connectivity index (χ2n) is 5.16. The molecule has 0 saturated carbocycles. The lowest BCUT2D eigenvalue weighted by Gasteiger charge is -2.20. The first-order valence-corrected chi connectivity index (χ1v) is 7.56. The van der Waals surface area contributed by atoms with Gasteiger partial charge in [0.15, 0.2) is 0 Å². The average molecular weight is 321 g/mol. The van der Waals surface area contributed by atoms with Gasteiger partial charge >= 0.3 is 0 Å². The molecule has 0 fully saturated rings. The van der Waals surface area contributed by atoms with Crippen LogP contribution in [0.4, 0.5) is 11.4 Å². The number of nitrogens with one attached hydrogen (secondary N) is 1. The van der Waals surface area contributed by atoms with Crippen LogP contribution in [0.1, 0.15) is 15.9 Å². The van der Waals surface area contributed by atoms with Crippen LogP contribution in [0.3, 0.4) is 0 Å². The quantitative estimate of drug-likeness (QED) is 0.769. The summed E-state index contributed by atoms with van der Waals surface area (Å²) in [6.45, 7) is 4.18. The van der Waals surface area contributed by atoms with Gasteiger partial charge < -0.3 is 15.3 Å². The summed E-state index contributed by atoms with van der Waals surface area (Å²) in [5.41, 5.74) is 2.72. The van der Waals surface area contributed by atoms with Gasteiger partial charge in [0.25, 0.3) is 5.91 Å². The lowest BCUT2D eigenvalue weighted by atomic mass is 10.1. The van der Waals surface area contributed by atoms with Crippen molar-refractivity contribution >= 4 is 17.3 Å². The summed E-state index contributed by atoms with van der Waals surface area (Å²) in [5.74, 6) is -0.160. The molecule has 0 bridgehead atoms. The zero-order valence-corrected chi connectivity index (χ0v) is 13.3. The molecule has 1 amide bonds. The zero-order valence-electron chi connectivity index (χ0n) is 13.3. The van der Waals surface area contributed by atoms with Gasteiger partial charge in [-0.3, -0.25) is 4.79 Å². The number of nitrogens with zero attached hydrogens (tertiary/aromatic N) is 2. The lowest BCUT2D eigenvalue weighted by Crippen LogP contribution is -2.33. The number of carbonyl (C=O) groups excluding carboxylic acids is 1. The van der Waals surface area contributed by atoms with Gasteiger partial charge in [0.05, 0.1) is 18.2 Å². The Morgan fingerprint density at radius 3 is 2.62 bits per heavy atom. The predicted molar refractivity (Wildman–Crippen MR) is 94.1 cm³/mol. The monoisotopic (exact) mass is 321 g/mol. The number of amides is 1. The minimum Gasteiger partial charge on any atom is -0.395 e. The Hall–Kier alpha value is -3.10. The van der Waals surface area contributed by atoms with Gasteiger partial charge in [-0.25, -0.2) is 0 Å². The Bertz CT molecular complexity index is 748. The highest BCUT2D eigenvalue weighted by molar-refractivity contribution is 5.95. The summed E-state index contributed by atoms with van der Waals surface area (Å²) in [6, 6.07) is 16.3. The second kappa shape index (κ2) is 8.51. The number of anilines is 2. The van der Waals surface area contributed by atoms with Crippen molar-refractivity contribution in [3.05, 3.63) is 72.3 Å². The Morgan fingerprint density at radius 2 is 2.00 bits per heavy atom. The molecule has 5 heteroatoms. The minimum atomic E-state index is -0.160. The van der Waals surface area contributed by atoms with Crippen LogP contribution in [-0.4, -0.2) is 35.6 Å². The highest BCUT2D eigenvalue weighted by atomic mass is 16.3. The molecule has 5 nitrogen and oxygen atoms in total. The van der Waals surface area contributed by atoms with E-state index in [4.69, 9.17) is 10.4 Å². The molecule has 2 aromatic carbocycles. The fourth-order valence-electron chi connectivity index (χ4n) is 2.26. The second-order valence-corrected chi connectivity index (χ2v) is 5.16. The normalized spacial score (nSPS) is 9.83. The molecule has 0 atom stereocenters. The van der Waals surface area contributed by atoms with E-state index < -0.39 is 0 Å². The van der Waals surface area contributed by atoms with Gasteiger partial charge in [0.1, 0.15) is 0 Å². The maximum Gasteiger partial charge on any atom is 0.254 e. The molecular formula is C19H19N3O2. The molecule has 0 aliphatic heterocycles. The van der Waals surface area contributed by atoms with Crippen molar-refractivity contribution in [2.24, 2.45) is 0 Å². The standard InChI is InChI=1S/C19H19N3O2/c1-2-10-22(11-12-23)19(24)16-4-3-5-18(13-16)21-17-8-6-15(14-20)7-9-17/h2-9,13,21,23H,1,10-12H2. The summed E-state index contributed by atoms with van der Waals surface area (Å²) in [5, 5.41) is 21.1. The number of aliphatic hydroxyl groups excluding tert-OH is 1. The van der Waals surface area contributed by atoms with Crippen LogP contribution >= 0.6 is 0 Å². The van der Waals surface area contributed by atoms with Crippen LogP contribution in [0, 0.1) is 11.3 Å². The number of nitriles is 1. The van der Waals surface area contributed by atoms with Crippen molar-refractivity contribution in [1.29, 1.82) is 5.26 Å². The lowest BCUT2D eigenvalue weighted by molar-refractivity contribution is 0.0743. The molecule has 0 aliphatic carbocycles. The average Bonchev–Trinajstić information content (AvgIpc) is 2.62. The number of hydrogen-bond donors (Lipinski definition) is 2. The largest absolute Gasteiger partial charge is 0.395 e. The Labute approximate surface area is 141 Å². The number of benzene rings is 2. The van der Waals surface area contributed by atoms with Crippen LogP contribution in [-0.2, 0) is 0 Å². The van der Waals surface area contributed by atoms with Crippen LogP contribution in [0.5, 0.6) is 0 Å². The molecule has 122 valence electrons. The van der Waals surface area contributed by atoms with Crippen molar-refractivity contribution in [1.82, 2.24) is 4.90 Å². The molecule has 0 unspecified atom stereocenters. The van der Waals surface area contributed by atoms with Crippen molar-refractivity contribution in [3.8, 4) is 6.07 Å². The topological polar surface area (TPSA) is 76.4 Å². The molecule has 24 heavy (non-hydrogen) atoms. The predicted octanol–water partition coefficient (Wildman–Crippen LogP) is 2.92. The SMILES string of the molecule is C=CCN(CCO)C(=O)c1cccc(Nc2ccc(C#N)cc2)c1. The summed E-state index contributed by atoms with van der Waals surface area (Å²) >= 11 is 0. The van der Waals surface area contributed by atoms with E-state index in [1.807, 2.05) is 18.2 Å². The third-order valence-electron chi connectivity index (χ3n) is 3.42. The molecular weight excluding hydrogens is 302 g/mol. The summed E-state index contributed by atoms with van der Waals surface area (Å²) < 4.78 is 0. The van der Waals surface area contributed by atoms with Crippen molar-refractivity contribution in [3.63, 3.8) is 0 Å². The maximum atomic E-state index is 12.5. The van der Waals surface area contributed by atoms with E-state index in [0.717, 1.165) is 11.4 Å². The first-order valence-electron chi connectivity index (χ1n) is 7.56. The third kappa shape index (κ3) is 4.45. The minimum absolute atomic E-state index is 0.0945. The number of hydrogen-bond acceptors (Lipinski definition) is 4. The van der Waals surface area contributed by atoms with E-state index in [1.165, 1.54) is 4.90 Å². The Balaban J connectivity index is 2.16.